The Morgan fingerprint density at radius 1 is 1.21 bits per heavy atom. The number of aryl methyl sites for hydroxylation is 1. The van der Waals surface area contributed by atoms with Gasteiger partial charge in [-0.2, -0.15) is 4.80 Å². The van der Waals surface area contributed by atoms with Crippen molar-refractivity contribution >= 4 is 17.7 Å². The zero-order valence-corrected chi connectivity index (χ0v) is 18.3. The molecule has 0 radical (unpaired) electrons. The Balaban J connectivity index is 1.37. The number of benzene rings is 2. The lowest BCUT2D eigenvalue weighted by atomic mass is 10.0. The van der Waals surface area contributed by atoms with Crippen LogP contribution in [0.25, 0.3) is 11.1 Å². The van der Waals surface area contributed by atoms with Gasteiger partial charge in [0.25, 0.3) is 0 Å². The third kappa shape index (κ3) is 5.50. The number of rotatable bonds is 8. The number of ether oxygens (including phenoxy) is 1. The number of nitrogens with zero attached hydrogens (tertiary/aromatic N) is 5. The molecule has 1 aromatic heterocycles. The molecule has 33 heavy (non-hydrogen) atoms. The van der Waals surface area contributed by atoms with E-state index in [0.717, 1.165) is 11.1 Å². The number of carbonyl (C=O) groups excluding carboxylic acids is 2. The second-order valence-electron chi connectivity index (χ2n) is 7.71. The Hall–Kier alpha value is -3.86. The van der Waals surface area contributed by atoms with Crippen molar-refractivity contribution in [3.63, 3.8) is 0 Å². The lowest BCUT2D eigenvalue weighted by Crippen LogP contribution is -2.33. The van der Waals surface area contributed by atoms with Gasteiger partial charge in [0.2, 0.25) is 5.91 Å². The quantitative estimate of drug-likeness (QED) is 0.534. The second-order valence-corrected chi connectivity index (χ2v) is 7.71. The molecule has 0 saturated carbocycles. The lowest BCUT2D eigenvalue weighted by Gasteiger charge is -2.15. The van der Waals surface area contributed by atoms with Gasteiger partial charge in [0.15, 0.2) is 5.82 Å². The number of anilines is 1. The Kier molecular flexibility index (Phi) is 6.59. The maximum atomic E-state index is 14.9. The summed E-state index contributed by atoms with van der Waals surface area (Å²) in [5, 5.41) is 17.7. The van der Waals surface area contributed by atoms with Crippen molar-refractivity contribution in [2.75, 3.05) is 18.0 Å². The van der Waals surface area contributed by atoms with E-state index in [0.29, 0.717) is 30.2 Å². The molecule has 1 saturated heterocycles. The minimum absolute atomic E-state index is 0.204. The van der Waals surface area contributed by atoms with Crippen LogP contribution in [0.3, 0.4) is 0 Å². The van der Waals surface area contributed by atoms with E-state index in [1.165, 1.54) is 22.7 Å². The van der Waals surface area contributed by atoms with Gasteiger partial charge in [-0.1, -0.05) is 24.3 Å². The van der Waals surface area contributed by atoms with Gasteiger partial charge < -0.3 is 15.4 Å². The van der Waals surface area contributed by atoms with E-state index in [-0.39, 0.29) is 19.0 Å². The van der Waals surface area contributed by atoms with Gasteiger partial charge in [0.1, 0.15) is 11.9 Å². The number of tetrazole rings is 1. The number of hydrogen-bond donors (Lipinski definition) is 2. The molecule has 0 bridgehead atoms. The summed E-state index contributed by atoms with van der Waals surface area (Å²) in [4.78, 5) is 26.0. The molecular weight excluding hydrogens is 429 g/mol. The van der Waals surface area contributed by atoms with E-state index >= 15 is 0 Å². The third-order valence-electron chi connectivity index (χ3n) is 5.14. The van der Waals surface area contributed by atoms with Gasteiger partial charge in [0.05, 0.1) is 32.4 Å². The molecular formula is C22H24FN7O3. The summed E-state index contributed by atoms with van der Waals surface area (Å²) in [7, 11) is 1.71. The molecule has 1 aliphatic heterocycles. The molecule has 1 unspecified atom stereocenters. The van der Waals surface area contributed by atoms with Gasteiger partial charge in [-0.3, -0.25) is 9.69 Å². The number of hydrogen-bond acceptors (Lipinski definition) is 7. The van der Waals surface area contributed by atoms with Gasteiger partial charge in [-0.05, 0) is 34.5 Å². The van der Waals surface area contributed by atoms with Gasteiger partial charge >= 0.3 is 6.09 Å². The fourth-order valence-corrected chi connectivity index (χ4v) is 3.52. The highest BCUT2D eigenvalue weighted by Gasteiger charge is 2.32. The van der Waals surface area contributed by atoms with Crippen LogP contribution in [0.15, 0.2) is 42.5 Å². The van der Waals surface area contributed by atoms with E-state index in [4.69, 9.17) is 4.74 Å². The standard InChI is InChI=1S/C22H24FN7O3/c1-14(31)25-11-18-13-30(22(32)33-18)17-7-8-19(20(23)9-17)16-5-3-15(4-6-16)10-24-12-21-26-28-29(2)27-21/h3-9,18,24H,10-13H2,1-2H3,(H,25,31). The smallest absolute Gasteiger partial charge is 0.414 e. The summed E-state index contributed by atoms with van der Waals surface area (Å²) in [5.74, 6) is -0.0333. The largest absolute Gasteiger partial charge is 0.442 e. The van der Waals surface area contributed by atoms with Crippen molar-refractivity contribution < 1.29 is 18.7 Å². The number of cyclic esters (lactones) is 1. The van der Waals surface area contributed by atoms with E-state index in [1.807, 2.05) is 24.3 Å². The first-order valence-electron chi connectivity index (χ1n) is 10.4. The van der Waals surface area contributed by atoms with E-state index in [1.54, 1.807) is 19.2 Å². The topological polar surface area (TPSA) is 114 Å². The predicted octanol–water partition coefficient (Wildman–Crippen LogP) is 1.77. The average Bonchev–Trinajstić information content (AvgIpc) is 3.38. The molecule has 1 aliphatic rings. The molecule has 2 heterocycles. The van der Waals surface area contributed by atoms with Crippen LogP contribution in [0.5, 0.6) is 0 Å². The molecule has 2 N–H and O–H groups in total. The van der Waals surface area contributed by atoms with Crippen LogP contribution < -0.4 is 15.5 Å². The van der Waals surface area contributed by atoms with Crippen molar-refractivity contribution in [3.8, 4) is 11.1 Å². The predicted molar refractivity (Wildman–Crippen MR) is 117 cm³/mol. The summed E-state index contributed by atoms with van der Waals surface area (Å²) in [6, 6.07) is 12.2. The maximum Gasteiger partial charge on any atom is 0.414 e. The summed E-state index contributed by atoms with van der Waals surface area (Å²) in [6.45, 7) is 2.95. The van der Waals surface area contributed by atoms with Crippen molar-refractivity contribution in [2.45, 2.75) is 26.1 Å². The summed E-state index contributed by atoms with van der Waals surface area (Å²) < 4.78 is 20.1. The molecule has 10 nitrogen and oxygen atoms in total. The Labute approximate surface area is 189 Å². The molecule has 2 aromatic carbocycles. The number of carbonyl (C=O) groups is 2. The highest BCUT2D eigenvalue weighted by Crippen LogP contribution is 2.29. The fraction of sp³-hybridized carbons (Fsp3) is 0.318. The van der Waals surface area contributed by atoms with Crippen LogP contribution in [-0.4, -0.2) is 51.4 Å². The zero-order valence-electron chi connectivity index (χ0n) is 18.3. The maximum absolute atomic E-state index is 14.9. The van der Waals surface area contributed by atoms with E-state index < -0.39 is 18.0 Å². The van der Waals surface area contributed by atoms with Crippen molar-refractivity contribution in [3.05, 3.63) is 59.7 Å². The summed E-state index contributed by atoms with van der Waals surface area (Å²) in [6.07, 6.45) is -1.04. The van der Waals surface area contributed by atoms with E-state index in [9.17, 15) is 14.0 Å². The van der Waals surface area contributed by atoms with Gasteiger partial charge in [-0.25, -0.2) is 9.18 Å². The minimum atomic E-state index is -0.564. The normalized spacial score (nSPS) is 15.5. The fourth-order valence-electron chi connectivity index (χ4n) is 3.52. The molecule has 0 aliphatic carbocycles. The molecule has 0 spiro atoms. The zero-order chi connectivity index (χ0) is 23.4. The molecule has 4 rings (SSSR count). The molecule has 172 valence electrons. The molecule has 11 heteroatoms. The number of halogens is 1. The Bertz CT molecular complexity index is 1150. The second kappa shape index (κ2) is 9.74. The van der Waals surface area contributed by atoms with Crippen LogP contribution in [0.4, 0.5) is 14.9 Å². The number of amides is 2. The molecule has 3 aromatic rings. The van der Waals surface area contributed by atoms with Crippen LogP contribution in [-0.2, 0) is 29.7 Å². The summed E-state index contributed by atoms with van der Waals surface area (Å²) >= 11 is 0. The average molecular weight is 453 g/mol. The monoisotopic (exact) mass is 453 g/mol. The Morgan fingerprint density at radius 2 is 2.00 bits per heavy atom. The van der Waals surface area contributed by atoms with Crippen LogP contribution in [0, 0.1) is 5.82 Å². The van der Waals surface area contributed by atoms with Gasteiger partial charge in [-0.15, -0.1) is 10.2 Å². The Morgan fingerprint density at radius 3 is 2.67 bits per heavy atom. The first-order chi connectivity index (χ1) is 15.9. The van der Waals surface area contributed by atoms with Crippen molar-refractivity contribution in [1.82, 2.24) is 30.8 Å². The third-order valence-corrected chi connectivity index (χ3v) is 5.14. The minimum Gasteiger partial charge on any atom is -0.442 e. The van der Waals surface area contributed by atoms with E-state index in [2.05, 4.69) is 26.0 Å². The van der Waals surface area contributed by atoms with Crippen molar-refractivity contribution in [1.29, 1.82) is 0 Å². The highest BCUT2D eigenvalue weighted by molar-refractivity contribution is 5.90. The molecule has 1 atom stereocenters. The van der Waals surface area contributed by atoms with Crippen LogP contribution in [0.1, 0.15) is 18.3 Å². The van der Waals surface area contributed by atoms with Gasteiger partial charge in [0, 0.05) is 19.0 Å². The number of aromatic nitrogens is 4. The van der Waals surface area contributed by atoms with Crippen molar-refractivity contribution in [2.24, 2.45) is 7.05 Å². The van der Waals surface area contributed by atoms with Crippen LogP contribution >= 0.6 is 0 Å². The lowest BCUT2D eigenvalue weighted by molar-refractivity contribution is -0.119. The first-order valence-corrected chi connectivity index (χ1v) is 10.4. The molecule has 1 fully saturated rings. The number of nitrogens with one attached hydrogen (secondary N) is 2. The van der Waals surface area contributed by atoms with Crippen LogP contribution in [0.2, 0.25) is 0 Å². The molecule has 2 amide bonds. The highest BCUT2D eigenvalue weighted by atomic mass is 19.1. The first kappa shape index (κ1) is 22.3. The SMILES string of the molecule is CC(=O)NCC1CN(c2ccc(-c3ccc(CNCc4nnn(C)n4)cc3)c(F)c2)C(=O)O1. The summed E-state index contributed by atoms with van der Waals surface area (Å²) in [5.41, 5.74) is 2.60.